The number of hydrogen-bond acceptors (Lipinski definition) is 7. The third kappa shape index (κ3) is 9.24. The van der Waals surface area contributed by atoms with Crippen molar-refractivity contribution in [3.63, 3.8) is 0 Å². The number of aliphatic carboxylic acids is 1. The number of rotatable bonds is 16. The van der Waals surface area contributed by atoms with Crippen molar-refractivity contribution in [1.82, 2.24) is 4.98 Å². The zero-order chi connectivity index (χ0) is 28.9. The molecule has 0 fully saturated rings. The lowest BCUT2D eigenvalue weighted by atomic mass is 10.0. The number of carboxylic acids is 1. The van der Waals surface area contributed by atoms with Gasteiger partial charge in [-0.05, 0) is 85.8 Å². The number of hydrogen-bond donors (Lipinski definition) is 1. The minimum absolute atomic E-state index is 0.210. The first-order chi connectivity index (χ1) is 20.0. The van der Waals surface area contributed by atoms with E-state index in [1.165, 1.54) is 0 Å². The van der Waals surface area contributed by atoms with Gasteiger partial charge in [0.25, 0.3) is 0 Å². The highest BCUT2D eigenvalue weighted by atomic mass is 16.6. The Bertz CT molecular complexity index is 1400. The Labute approximate surface area is 240 Å². The number of ether oxygens (including phenoxy) is 2. The fraction of sp³-hybridized carbons (Fsp3) is 0.303. The van der Waals surface area contributed by atoms with Crippen molar-refractivity contribution in [2.24, 2.45) is 5.16 Å². The first kappa shape index (κ1) is 29.4. The van der Waals surface area contributed by atoms with Gasteiger partial charge in [0.05, 0.1) is 12.8 Å². The molecule has 8 heteroatoms. The number of methoxy groups -OCH3 is 1. The summed E-state index contributed by atoms with van der Waals surface area (Å²) in [5.41, 5.74) is 4.48. The van der Waals surface area contributed by atoms with Crippen LogP contribution in [0, 0.1) is 6.92 Å². The van der Waals surface area contributed by atoms with E-state index < -0.39 is 5.97 Å². The third-order valence-corrected chi connectivity index (χ3v) is 6.60. The van der Waals surface area contributed by atoms with Crippen molar-refractivity contribution in [2.45, 2.75) is 58.7 Å². The van der Waals surface area contributed by atoms with E-state index in [1.807, 2.05) is 85.8 Å². The molecule has 0 aliphatic heterocycles. The molecule has 0 radical (unpaired) electrons. The molecule has 0 aliphatic carbocycles. The van der Waals surface area contributed by atoms with Gasteiger partial charge in [0.1, 0.15) is 36.2 Å². The summed E-state index contributed by atoms with van der Waals surface area (Å²) in [7, 11) is 1.64. The molecule has 4 rings (SSSR count). The van der Waals surface area contributed by atoms with E-state index in [-0.39, 0.29) is 6.42 Å². The SMILES string of the molecule is COc1ccc(/C(CCCCCCC(=O)O)=N\OCc2ccc(OCc3nc(-c4ccccc4)oc3C)cc2)cc1. The largest absolute Gasteiger partial charge is 0.497 e. The van der Waals surface area contributed by atoms with Crippen LogP contribution in [-0.2, 0) is 22.8 Å². The molecule has 0 bridgehead atoms. The summed E-state index contributed by atoms with van der Waals surface area (Å²) in [6.07, 6.45) is 4.35. The highest BCUT2D eigenvalue weighted by Gasteiger charge is 2.12. The van der Waals surface area contributed by atoms with Gasteiger partial charge in [-0.15, -0.1) is 0 Å². The van der Waals surface area contributed by atoms with E-state index in [4.69, 9.17) is 23.8 Å². The smallest absolute Gasteiger partial charge is 0.303 e. The number of oxime groups is 1. The van der Waals surface area contributed by atoms with Crippen LogP contribution in [0.25, 0.3) is 11.5 Å². The number of carboxylic acid groups (broad SMARTS) is 1. The summed E-state index contributed by atoms with van der Waals surface area (Å²) in [4.78, 5) is 21.1. The maximum atomic E-state index is 10.7. The number of oxazole rings is 1. The Morgan fingerprint density at radius 3 is 2.22 bits per heavy atom. The Hall–Kier alpha value is -4.59. The van der Waals surface area contributed by atoms with Gasteiger partial charge in [0.2, 0.25) is 5.89 Å². The van der Waals surface area contributed by atoms with Gasteiger partial charge >= 0.3 is 5.97 Å². The molecular weight excluding hydrogens is 520 g/mol. The maximum Gasteiger partial charge on any atom is 0.303 e. The summed E-state index contributed by atoms with van der Waals surface area (Å²) < 4.78 is 17.0. The molecule has 1 heterocycles. The molecule has 8 nitrogen and oxygen atoms in total. The van der Waals surface area contributed by atoms with Crippen molar-refractivity contribution >= 4 is 11.7 Å². The zero-order valence-corrected chi connectivity index (χ0v) is 23.5. The normalized spacial score (nSPS) is 11.3. The number of benzene rings is 3. The van der Waals surface area contributed by atoms with Crippen LogP contribution in [0.2, 0.25) is 0 Å². The molecule has 0 aliphatic rings. The molecule has 3 aromatic carbocycles. The summed E-state index contributed by atoms with van der Waals surface area (Å²) in [6.45, 7) is 2.52. The molecule has 0 atom stereocenters. The van der Waals surface area contributed by atoms with Crippen molar-refractivity contribution in [1.29, 1.82) is 0 Å². The topological polar surface area (TPSA) is 103 Å². The van der Waals surface area contributed by atoms with Crippen LogP contribution in [0.4, 0.5) is 0 Å². The van der Waals surface area contributed by atoms with Crippen LogP contribution in [0.3, 0.4) is 0 Å². The molecule has 0 amide bonds. The fourth-order valence-electron chi connectivity index (χ4n) is 4.23. The van der Waals surface area contributed by atoms with Crippen LogP contribution >= 0.6 is 0 Å². The fourth-order valence-corrected chi connectivity index (χ4v) is 4.23. The van der Waals surface area contributed by atoms with Crippen molar-refractivity contribution in [2.75, 3.05) is 7.11 Å². The lowest BCUT2D eigenvalue weighted by Gasteiger charge is -2.09. The Kier molecular flexibility index (Phi) is 10.9. The number of unbranched alkanes of at least 4 members (excludes halogenated alkanes) is 3. The lowest BCUT2D eigenvalue weighted by Crippen LogP contribution is -2.03. The second-order valence-electron chi connectivity index (χ2n) is 9.67. The predicted molar refractivity (Wildman–Crippen MR) is 157 cm³/mol. The van der Waals surface area contributed by atoms with Gasteiger partial charge < -0.3 is 23.8 Å². The highest BCUT2D eigenvalue weighted by Crippen LogP contribution is 2.23. The first-order valence-corrected chi connectivity index (χ1v) is 13.8. The van der Waals surface area contributed by atoms with E-state index in [9.17, 15) is 4.79 Å². The number of carbonyl (C=O) groups is 1. The molecule has 1 aromatic heterocycles. The van der Waals surface area contributed by atoms with Crippen molar-refractivity contribution < 1.29 is 28.6 Å². The maximum absolute atomic E-state index is 10.7. The number of aryl methyl sites for hydroxylation is 1. The standard InChI is InChI=1S/C33H36N2O6/c1-24-31(34-33(41-24)27-10-6-5-7-11-27)23-39-29-18-14-25(15-19-29)22-40-35-30(12-8-3-4-9-13-32(36)37)26-16-20-28(38-2)21-17-26/h5-7,10-11,14-21H,3-4,8-9,12-13,22-23H2,1-2H3,(H,36,37)/b35-30-. The van der Waals surface area contributed by atoms with Crippen molar-refractivity contribution in [3.8, 4) is 23.0 Å². The summed E-state index contributed by atoms with van der Waals surface area (Å²) in [5.74, 6) is 2.07. The Balaban J connectivity index is 1.30. The van der Waals surface area contributed by atoms with Crippen LogP contribution in [0.1, 0.15) is 61.1 Å². The number of aromatic nitrogens is 1. The van der Waals surface area contributed by atoms with Gasteiger partial charge in [-0.1, -0.05) is 48.3 Å². The summed E-state index contributed by atoms with van der Waals surface area (Å²) in [5, 5.41) is 13.3. The Morgan fingerprint density at radius 2 is 1.54 bits per heavy atom. The minimum atomic E-state index is -0.749. The van der Waals surface area contributed by atoms with Gasteiger partial charge in [0, 0.05) is 12.0 Å². The van der Waals surface area contributed by atoms with Crippen LogP contribution in [0.5, 0.6) is 11.5 Å². The molecule has 41 heavy (non-hydrogen) atoms. The monoisotopic (exact) mass is 556 g/mol. The molecule has 0 unspecified atom stereocenters. The second kappa shape index (κ2) is 15.3. The summed E-state index contributed by atoms with van der Waals surface area (Å²) >= 11 is 0. The predicted octanol–water partition coefficient (Wildman–Crippen LogP) is 7.58. The zero-order valence-electron chi connectivity index (χ0n) is 23.5. The van der Waals surface area contributed by atoms with Gasteiger partial charge in [-0.3, -0.25) is 4.79 Å². The highest BCUT2D eigenvalue weighted by molar-refractivity contribution is 6.00. The van der Waals surface area contributed by atoms with E-state index >= 15 is 0 Å². The van der Waals surface area contributed by atoms with Crippen LogP contribution in [0.15, 0.2) is 88.4 Å². The molecule has 214 valence electrons. The molecule has 0 saturated carbocycles. The molecule has 4 aromatic rings. The third-order valence-electron chi connectivity index (χ3n) is 6.60. The lowest BCUT2D eigenvalue weighted by molar-refractivity contribution is -0.137. The molecular formula is C33H36N2O6. The molecule has 1 N–H and O–H groups in total. The van der Waals surface area contributed by atoms with Crippen LogP contribution in [-0.4, -0.2) is 28.9 Å². The van der Waals surface area contributed by atoms with Crippen LogP contribution < -0.4 is 9.47 Å². The minimum Gasteiger partial charge on any atom is -0.497 e. The van der Waals surface area contributed by atoms with E-state index in [2.05, 4.69) is 10.1 Å². The summed E-state index contributed by atoms with van der Waals surface area (Å²) in [6, 6.07) is 25.2. The second-order valence-corrected chi connectivity index (χ2v) is 9.67. The molecule has 0 saturated heterocycles. The van der Waals surface area contributed by atoms with E-state index in [0.717, 1.165) is 71.0 Å². The average molecular weight is 557 g/mol. The van der Waals surface area contributed by atoms with E-state index in [1.54, 1.807) is 7.11 Å². The van der Waals surface area contributed by atoms with Gasteiger partial charge in [-0.2, -0.15) is 0 Å². The Morgan fingerprint density at radius 1 is 0.854 bits per heavy atom. The first-order valence-electron chi connectivity index (χ1n) is 13.8. The quantitative estimate of drug-likeness (QED) is 0.0861. The van der Waals surface area contributed by atoms with Crippen molar-refractivity contribution in [3.05, 3.63) is 101 Å². The van der Waals surface area contributed by atoms with Gasteiger partial charge in [-0.25, -0.2) is 4.98 Å². The molecule has 0 spiro atoms. The van der Waals surface area contributed by atoms with Gasteiger partial charge in [0.15, 0.2) is 0 Å². The number of nitrogens with zero attached hydrogens (tertiary/aromatic N) is 2. The average Bonchev–Trinajstić information content (AvgIpc) is 3.38. The van der Waals surface area contributed by atoms with E-state index in [0.29, 0.717) is 25.5 Å².